The van der Waals surface area contributed by atoms with E-state index >= 15 is 0 Å². The van der Waals surface area contributed by atoms with Crippen LogP contribution in [0.1, 0.15) is 22.8 Å². The number of imidazole rings is 2. The number of hydrogen-bond acceptors (Lipinski definition) is 8. The molecule has 0 spiro atoms. The Morgan fingerprint density at radius 3 is 1.75 bits per heavy atom. The maximum atomic E-state index is 7.37. The van der Waals surface area contributed by atoms with Gasteiger partial charge in [0.15, 0.2) is 8.07 Å². The van der Waals surface area contributed by atoms with Gasteiger partial charge in [0.25, 0.3) is 0 Å². The minimum absolute atomic E-state index is 0.452. The van der Waals surface area contributed by atoms with Crippen LogP contribution in [0.5, 0.6) is 11.5 Å². The molecule has 11 aromatic rings. The maximum Gasteiger partial charge on any atom is 0.220 e. The van der Waals surface area contributed by atoms with Crippen LogP contribution in [-0.2, 0) is 18.3 Å². The van der Waals surface area contributed by atoms with Crippen LogP contribution in [0.2, 0.25) is 0 Å². The van der Waals surface area contributed by atoms with E-state index < -0.39 is 13.5 Å². The van der Waals surface area contributed by atoms with E-state index in [0.717, 1.165) is 61.3 Å². The summed E-state index contributed by atoms with van der Waals surface area (Å²) in [6, 6.07) is 62.9. The maximum absolute atomic E-state index is 7.37. The lowest BCUT2D eigenvalue weighted by atomic mass is 9.67. The van der Waals surface area contributed by atoms with Crippen molar-refractivity contribution in [3.8, 4) is 17.2 Å². The lowest BCUT2D eigenvalue weighted by Crippen LogP contribution is -2.75. The molecular formula is C52H37N9OSi. The molecule has 1 aliphatic heterocycles. The molecule has 0 saturated heterocycles. The molecule has 12 rings (SSSR count). The number of aromatic nitrogens is 9. The minimum Gasteiger partial charge on any atom is -0.457 e. The van der Waals surface area contributed by atoms with Crippen molar-refractivity contribution in [1.82, 2.24) is 43.9 Å². The molecule has 4 aromatic heterocycles. The minimum atomic E-state index is -3.31. The summed E-state index contributed by atoms with van der Waals surface area (Å²) in [6.07, 6.45) is 7.15. The molecule has 7 aromatic carbocycles. The van der Waals surface area contributed by atoms with Crippen LogP contribution >= 0.6 is 0 Å². The summed E-state index contributed by atoms with van der Waals surface area (Å²) in [5, 5.41) is 4.76. The van der Waals surface area contributed by atoms with Crippen LogP contribution in [0.25, 0.3) is 33.5 Å². The number of benzene rings is 7. The number of hydrogen-bond donors (Lipinski definition) is 0. The summed E-state index contributed by atoms with van der Waals surface area (Å²) in [7, 11) is -3.31. The Hall–Kier alpha value is -8.15. The van der Waals surface area contributed by atoms with E-state index in [4.69, 9.17) is 29.7 Å². The van der Waals surface area contributed by atoms with Gasteiger partial charge < -0.3 is 4.74 Å². The molecule has 0 radical (unpaired) electrons. The van der Waals surface area contributed by atoms with Crippen molar-refractivity contribution in [2.75, 3.05) is 0 Å². The van der Waals surface area contributed by atoms with Crippen LogP contribution in [0.15, 0.2) is 201 Å². The van der Waals surface area contributed by atoms with E-state index in [1.165, 1.54) is 15.6 Å². The molecule has 10 nitrogen and oxygen atoms in total. The molecule has 0 bridgehead atoms. The normalized spacial score (nSPS) is 13.1. The van der Waals surface area contributed by atoms with Crippen molar-refractivity contribution in [3.63, 3.8) is 0 Å². The standard InChI is InChI=1S/C52H37N9OSi/c1-3-16-37(17-4-1)63(38-18-5-2-6-19-38,39-20-13-15-36(29-39)60-44-25-10-11-26-45(44)61-43-24-9-8-23-42(43)59-51(60)61)47-28-14-22-41-50(47)62-46-27-12-7-21-40(46)52(41,30-48-55-32-53-33-56-48)31-49-57-34-54-35-58-49/h1-29,32-35H,30-31H2. The average molecular weight is 832 g/mol. The van der Waals surface area contributed by atoms with E-state index in [9.17, 15) is 0 Å². The summed E-state index contributed by atoms with van der Waals surface area (Å²) in [5.41, 5.74) is 6.50. The Morgan fingerprint density at radius 2 is 1.05 bits per heavy atom. The molecule has 5 heterocycles. The van der Waals surface area contributed by atoms with Gasteiger partial charge >= 0.3 is 0 Å². The lowest BCUT2D eigenvalue weighted by Gasteiger charge is -2.43. The first-order valence-electron chi connectivity index (χ1n) is 20.9. The molecule has 11 heteroatoms. The first-order chi connectivity index (χ1) is 31.2. The Labute approximate surface area is 363 Å². The highest BCUT2D eigenvalue weighted by molar-refractivity contribution is 7.20. The van der Waals surface area contributed by atoms with Crippen LogP contribution in [0.3, 0.4) is 0 Å². The fraction of sp³-hybridized carbons (Fsp3) is 0.0577. The number of rotatable bonds is 9. The monoisotopic (exact) mass is 831 g/mol. The fourth-order valence-electron chi connectivity index (χ4n) is 10.0. The molecule has 300 valence electrons. The molecule has 63 heavy (non-hydrogen) atoms. The quantitative estimate of drug-likeness (QED) is 0.113. The van der Waals surface area contributed by atoms with Crippen LogP contribution in [-0.4, -0.2) is 51.9 Å². The highest BCUT2D eigenvalue weighted by atomic mass is 28.3. The van der Waals surface area contributed by atoms with Crippen molar-refractivity contribution in [3.05, 3.63) is 224 Å². The largest absolute Gasteiger partial charge is 0.457 e. The Morgan fingerprint density at radius 1 is 0.492 bits per heavy atom. The molecule has 0 saturated carbocycles. The van der Waals surface area contributed by atoms with Gasteiger partial charge in [0.2, 0.25) is 5.78 Å². The van der Waals surface area contributed by atoms with E-state index in [0.29, 0.717) is 24.5 Å². The highest BCUT2D eigenvalue weighted by Gasteiger charge is 2.50. The van der Waals surface area contributed by atoms with Gasteiger partial charge in [-0.15, -0.1) is 0 Å². The van der Waals surface area contributed by atoms with Gasteiger partial charge in [0.1, 0.15) is 48.5 Å². The molecule has 1 aliphatic rings. The summed E-state index contributed by atoms with van der Waals surface area (Å²) < 4.78 is 11.9. The second-order valence-corrected chi connectivity index (χ2v) is 19.7. The van der Waals surface area contributed by atoms with Crippen LogP contribution in [0.4, 0.5) is 0 Å². The summed E-state index contributed by atoms with van der Waals surface area (Å²) >= 11 is 0. The van der Waals surface area contributed by atoms with Crippen LogP contribution < -0.4 is 25.5 Å². The second-order valence-electron chi connectivity index (χ2n) is 15.9. The fourth-order valence-corrected chi connectivity index (χ4v) is 14.9. The van der Waals surface area contributed by atoms with E-state index in [-0.39, 0.29) is 0 Å². The van der Waals surface area contributed by atoms with Crippen molar-refractivity contribution in [1.29, 1.82) is 0 Å². The van der Waals surface area contributed by atoms with Crippen molar-refractivity contribution < 1.29 is 4.74 Å². The molecule has 0 amide bonds. The van der Waals surface area contributed by atoms with Gasteiger partial charge in [0.05, 0.1) is 22.1 Å². The number of fused-ring (bicyclic) bond motifs is 7. The van der Waals surface area contributed by atoms with Gasteiger partial charge in [-0.25, -0.2) is 34.9 Å². The van der Waals surface area contributed by atoms with E-state index in [1.807, 2.05) is 12.1 Å². The SMILES string of the molecule is c1ccc([Si](c2ccccc2)(c2cccc(-n3c4ccccc4n4c5ccccc5nc34)c2)c2cccc3c2Oc2ccccc2C3(Cc2ncncn2)Cc2ncncn2)cc1. The molecule has 0 fully saturated rings. The zero-order valence-electron chi connectivity index (χ0n) is 33.9. The molecule has 0 aliphatic carbocycles. The Bertz CT molecular complexity index is 3370. The predicted molar refractivity (Wildman–Crippen MR) is 248 cm³/mol. The molecule has 0 N–H and O–H groups in total. The lowest BCUT2D eigenvalue weighted by molar-refractivity contribution is 0.379. The zero-order valence-corrected chi connectivity index (χ0v) is 34.9. The van der Waals surface area contributed by atoms with Crippen molar-refractivity contribution in [2.24, 2.45) is 0 Å². The third kappa shape index (κ3) is 5.74. The summed E-state index contributed by atoms with van der Waals surface area (Å²) in [6.45, 7) is 0. The number of para-hydroxylation sites is 6. The highest BCUT2D eigenvalue weighted by Crippen LogP contribution is 2.51. The Kier molecular flexibility index (Phi) is 8.61. The predicted octanol–water partition coefficient (Wildman–Crippen LogP) is 7.06. The van der Waals surface area contributed by atoms with E-state index in [2.05, 4.69) is 183 Å². The number of nitrogens with zero attached hydrogens (tertiary/aromatic N) is 9. The third-order valence-electron chi connectivity index (χ3n) is 12.6. The first-order valence-corrected chi connectivity index (χ1v) is 22.9. The molecule has 0 atom stereocenters. The topological polar surface area (TPSA) is 109 Å². The molecular weight excluding hydrogens is 795 g/mol. The zero-order chi connectivity index (χ0) is 41.8. The van der Waals surface area contributed by atoms with E-state index in [1.54, 1.807) is 25.3 Å². The average Bonchev–Trinajstić information content (AvgIpc) is 3.88. The van der Waals surface area contributed by atoms with Gasteiger partial charge in [-0.1, -0.05) is 133 Å². The summed E-state index contributed by atoms with van der Waals surface area (Å²) in [5.74, 6) is 3.76. The second kappa shape index (κ2) is 14.8. The van der Waals surface area contributed by atoms with Gasteiger partial charge in [-0.3, -0.25) is 8.97 Å². The van der Waals surface area contributed by atoms with Crippen molar-refractivity contribution in [2.45, 2.75) is 18.3 Å². The number of ether oxygens (including phenoxy) is 1. The van der Waals surface area contributed by atoms with Gasteiger partial charge in [-0.05, 0) is 63.2 Å². The summed E-state index contributed by atoms with van der Waals surface area (Å²) in [4.78, 5) is 32.4. The van der Waals surface area contributed by atoms with Gasteiger partial charge in [-0.2, -0.15) is 0 Å². The first kappa shape index (κ1) is 36.7. The molecule has 0 unspecified atom stereocenters. The van der Waals surface area contributed by atoms with Crippen LogP contribution in [0, 0.1) is 0 Å². The smallest absolute Gasteiger partial charge is 0.220 e. The van der Waals surface area contributed by atoms with Crippen molar-refractivity contribution >= 4 is 56.7 Å². The third-order valence-corrected chi connectivity index (χ3v) is 17.4. The van der Waals surface area contributed by atoms with Gasteiger partial charge in [0, 0.05) is 35.1 Å². The Balaban J connectivity index is 1.17.